The highest BCUT2D eigenvalue weighted by Gasteiger charge is 2.61. The van der Waals surface area contributed by atoms with Crippen LogP contribution in [0.3, 0.4) is 0 Å². The summed E-state index contributed by atoms with van der Waals surface area (Å²) < 4.78 is 11.2. The third kappa shape index (κ3) is 8.47. The summed E-state index contributed by atoms with van der Waals surface area (Å²) in [6.07, 6.45) is 1.51. The van der Waals surface area contributed by atoms with Crippen LogP contribution in [0.15, 0.2) is 29.0 Å². The number of rotatable bonds is 14. The molecule has 2 aliphatic rings. The average molecular weight is 676 g/mol. The lowest BCUT2D eigenvalue weighted by Gasteiger charge is -2.59. The molecule has 48 heavy (non-hydrogen) atoms. The highest BCUT2D eigenvalue weighted by atomic mass is 16.6. The lowest BCUT2D eigenvalue weighted by molar-refractivity contribution is -0.141. The number of likely N-dealkylation sites (tertiary alicyclic amines) is 1. The molecule has 9 N–H and O–H groups in total. The monoisotopic (exact) mass is 675 g/mol. The number of nitrogens with zero attached hydrogens (tertiary/aromatic N) is 3. The van der Waals surface area contributed by atoms with Crippen molar-refractivity contribution in [2.75, 3.05) is 47.4 Å². The topological polar surface area (TPSA) is 242 Å². The molecule has 16 heteroatoms. The van der Waals surface area contributed by atoms with Gasteiger partial charge < -0.3 is 56.7 Å². The number of phenols is 1. The van der Waals surface area contributed by atoms with E-state index in [0.717, 1.165) is 5.56 Å². The van der Waals surface area contributed by atoms with Crippen molar-refractivity contribution in [3.05, 3.63) is 35.1 Å². The summed E-state index contributed by atoms with van der Waals surface area (Å²) in [5, 5.41) is 37.6. The summed E-state index contributed by atoms with van der Waals surface area (Å²) in [6, 6.07) is 2.19. The van der Waals surface area contributed by atoms with Crippen LogP contribution >= 0.6 is 0 Å². The van der Waals surface area contributed by atoms with Crippen LogP contribution in [0.2, 0.25) is 0 Å². The van der Waals surface area contributed by atoms with Gasteiger partial charge in [-0.1, -0.05) is 6.07 Å². The number of benzene rings is 1. The third-order valence-corrected chi connectivity index (χ3v) is 9.42. The van der Waals surface area contributed by atoms with Gasteiger partial charge in [0, 0.05) is 56.5 Å². The molecule has 0 radical (unpaired) electrons. The van der Waals surface area contributed by atoms with E-state index in [1.165, 1.54) is 19.1 Å². The fraction of sp³-hybridized carbons (Fsp3) is 0.594. The Hall–Kier alpha value is -4.57. The fourth-order valence-corrected chi connectivity index (χ4v) is 6.64. The van der Waals surface area contributed by atoms with Crippen molar-refractivity contribution in [3.63, 3.8) is 0 Å². The van der Waals surface area contributed by atoms with Crippen molar-refractivity contribution in [1.29, 1.82) is 0 Å². The van der Waals surface area contributed by atoms with Gasteiger partial charge in [-0.15, -0.1) is 0 Å². The van der Waals surface area contributed by atoms with Crippen LogP contribution in [0, 0.1) is 6.92 Å². The highest BCUT2D eigenvalue weighted by Crippen LogP contribution is 2.57. The van der Waals surface area contributed by atoms with Crippen LogP contribution in [0.5, 0.6) is 11.5 Å². The third-order valence-electron chi connectivity index (χ3n) is 9.42. The zero-order chi connectivity index (χ0) is 35.8. The Balaban J connectivity index is 1.70. The molecular formula is C32H49N7O9. The molecule has 3 rings (SSSR count). The molecule has 1 aromatic carbocycles. The molecule has 3 unspecified atom stereocenters. The number of carboxylic acid groups (broad SMARTS) is 1. The smallest absolute Gasteiger partial charge is 0.414 e. The number of carbonyl (C=O) groups excluding carboxylic acids is 3. The molecule has 266 valence electrons. The summed E-state index contributed by atoms with van der Waals surface area (Å²) in [7, 11) is 4.91. The van der Waals surface area contributed by atoms with Crippen molar-refractivity contribution >= 4 is 29.8 Å². The van der Waals surface area contributed by atoms with Crippen molar-refractivity contribution < 1.29 is 44.0 Å². The number of phenolic OH excluding ortho intramolecular Hbond substituents is 1. The molecule has 0 aromatic heterocycles. The number of nitrogens with one attached hydrogen (secondary N) is 2. The first-order chi connectivity index (χ1) is 22.6. The van der Waals surface area contributed by atoms with E-state index in [2.05, 4.69) is 20.5 Å². The number of aromatic hydroxyl groups is 1. The standard InChI is InChI=1S/C32H49N7O9/c1-19-8-9-23(47-5)27(43)26(19)31-12-15-38(3)20(2)32(31,46)11-10-21(18-31)48-30(45)39(4)16-14-35-28(44)22(7-6-13-36-29(33)34)37-24(40)17-25(41)42/h8-10,20,22,43,46H,6-7,11-18H2,1-5H3,(H,35,44)(H,37,40)(H,41,42)(H4,33,34,36)/t20?,22?,31-,32?/m1/s1. The van der Waals surface area contributed by atoms with Crippen LogP contribution in [-0.2, 0) is 24.5 Å². The maximum absolute atomic E-state index is 13.2. The Morgan fingerprint density at radius 3 is 2.60 bits per heavy atom. The fourth-order valence-electron chi connectivity index (χ4n) is 6.64. The first-order valence-electron chi connectivity index (χ1n) is 15.8. The number of piperidine rings is 1. The first kappa shape index (κ1) is 37.9. The molecule has 1 saturated heterocycles. The molecular weight excluding hydrogens is 626 g/mol. The van der Waals surface area contributed by atoms with Gasteiger partial charge in [0.15, 0.2) is 17.5 Å². The van der Waals surface area contributed by atoms with Gasteiger partial charge in [-0.2, -0.15) is 0 Å². The number of aliphatic imine (C=N–C) groups is 1. The van der Waals surface area contributed by atoms with E-state index in [9.17, 15) is 29.4 Å². The normalized spacial score (nSPS) is 22.7. The molecule has 1 fully saturated rings. The second-order valence-electron chi connectivity index (χ2n) is 12.5. The Bertz CT molecular complexity index is 1430. The number of hydrogen-bond acceptors (Lipinski definition) is 10. The van der Waals surface area contributed by atoms with E-state index in [4.69, 9.17) is 26.0 Å². The zero-order valence-electron chi connectivity index (χ0n) is 28.2. The van der Waals surface area contributed by atoms with Gasteiger partial charge in [0.05, 0.1) is 12.7 Å². The van der Waals surface area contributed by atoms with Gasteiger partial charge in [-0.05, 0) is 64.4 Å². The number of aliphatic carboxylic acids is 1. The van der Waals surface area contributed by atoms with Gasteiger partial charge >= 0.3 is 12.1 Å². The number of methoxy groups -OCH3 is 1. The molecule has 4 atom stereocenters. The van der Waals surface area contributed by atoms with E-state index in [1.807, 2.05) is 27.0 Å². The largest absolute Gasteiger partial charge is 0.504 e. The number of carbonyl (C=O) groups is 4. The number of aryl methyl sites for hydroxylation is 1. The molecule has 16 nitrogen and oxygen atoms in total. The SMILES string of the molecule is COc1ccc(C)c([C@]23CCN(C)C(C)C2(O)CC=C(OC(=O)N(C)CCNC(=O)C(CCCN=C(N)N)NC(=O)CC(=O)O)C3)c1O. The Kier molecular flexibility index (Phi) is 12.6. The van der Waals surface area contributed by atoms with Crippen LogP contribution in [-0.4, -0.2) is 120 Å². The maximum Gasteiger partial charge on any atom is 0.414 e. The quantitative estimate of drug-likeness (QED) is 0.0609. The number of guanidine groups is 1. The molecule has 1 aliphatic heterocycles. The van der Waals surface area contributed by atoms with Gasteiger partial charge in [0.1, 0.15) is 18.2 Å². The van der Waals surface area contributed by atoms with E-state index in [-0.39, 0.29) is 62.4 Å². The number of fused-ring (bicyclic) bond motifs is 1. The molecule has 0 spiro atoms. The Labute approximate surface area is 280 Å². The Morgan fingerprint density at radius 2 is 1.96 bits per heavy atom. The number of hydrogen-bond donors (Lipinski definition) is 7. The Morgan fingerprint density at radius 1 is 1.25 bits per heavy atom. The summed E-state index contributed by atoms with van der Waals surface area (Å²) in [6.45, 7) is 4.70. The number of likely N-dealkylation sites (N-methyl/N-ethyl adjacent to an activating group) is 2. The maximum atomic E-state index is 13.2. The predicted octanol–water partition coefficient (Wildman–Crippen LogP) is 0.278. The molecule has 1 aromatic rings. The molecule has 0 bridgehead atoms. The second-order valence-corrected chi connectivity index (χ2v) is 12.5. The van der Waals surface area contributed by atoms with E-state index in [0.29, 0.717) is 30.7 Å². The summed E-state index contributed by atoms with van der Waals surface area (Å²) in [5.74, 6) is -2.27. The minimum absolute atomic E-state index is 0.00704. The zero-order valence-corrected chi connectivity index (χ0v) is 28.2. The number of aliphatic hydroxyl groups is 1. The van der Waals surface area contributed by atoms with Gasteiger partial charge in [0.25, 0.3) is 0 Å². The number of nitrogens with two attached hydrogens (primary N) is 2. The minimum atomic E-state index is -1.34. The van der Waals surface area contributed by atoms with Crippen LogP contribution < -0.4 is 26.8 Å². The average Bonchev–Trinajstić information content (AvgIpc) is 3.01. The van der Waals surface area contributed by atoms with Crippen LogP contribution in [0.1, 0.15) is 56.6 Å². The summed E-state index contributed by atoms with van der Waals surface area (Å²) in [5.41, 5.74) is 9.70. The van der Waals surface area contributed by atoms with Gasteiger partial charge in [0.2, 0.25) is 11.8 Å². The van der Waals surface area contributed by atoms with Crippen molar-refractivity contribution in [2.45, 2.75) is 75.5 Å². The van der Waals surface area contributed by atoms with Crippen LogP contribution in [0.4, 0.5) is 4.79 Å². The summed E-state index contributed by atoms with van der Waals surface area (Å²) >= 11 is 0. The van der Waals surface area contributed by atoms with Crippen molar-refractivity contribution in [1.82, 2.24) is 20.4 Å². The highest BCUT2D eigenvalue weighted by molar-refractivity contribution is 5.96. The minimum Gasteiger partial charge on any atom is -0.504 e. The van der Waals surface area contributed by atoms with Crippen molar-refractivity contribution in [2.24, 2.45) is 16.5 Å². The molecule has 1 aliphatic carbocycles. The summed E-state index contributed by atoms with van der Waals surface area (Å²) in [4.78, 5) is 56.2. The van der Waals surface area contributed by atoms with Gasteiger partial charge in [-0.25, -0.2) is 4.79 Å². The molecule has 1 heterocycles. The number of carboxylic acids is 1. The number of allylic oxidation sites excluding steroid dienone is 1. The molecule has 3 amide bonds. The van der Waals surface area contributed by atoms with E-state index in [1.54, 1.807) is 12.1 Å². The van der Waals surface area contributed by atoms with Crippen LogP contribution in [0.25, 0.3) is 0 Å². The number of ether oxygens (including phenoxy) is 2. The molecule has 0 saturated carbocycles. The lowest BCUT2D eigenvalue weighted by Crippen LogP contribution is -2.68. The lowest BCUT2D eigenvalue weighted by atomic mass is 9.54. The van der Waals surface area contributed by atoms with E-state index >= 15 is 0 Å². The van der Waals surface area contributed by atoms with E-state index < -0.39 is 47.4 Å². The predicted molar refractivity (Wildman–Crippen MR) is 176 cm³/mol. The van der Waals surface area contributed by atoms with Gasteiger partial charge in [-0.3, -0.25) is 19.4 Å². The number of amides is 3. The second kappa shape index (κ2) is 16.0. The van der Waals surface area contributed by atoms with Crippen molar-refractivity contribution in [3.8, 4) is 11.5 Å². The first-order valence-corrected chi connectivity index (χ1v) is 15.8.